The van der Waals surface area contributed by atoms with Gasteiger partial charge in [0.15, 0.2) is 11.7 Å². The van der Waals surface area contributed by atoms with Crippen LogP contribution in [0.5, 0.6) is 0 Å². The summed E-state index contributed by atoms with van der Waals surface area (Å²) in [5, 5.41) is 3.63. The number of amides is 1. The molecule has 116 valence electrons. The van der Waals surface area contributed by atoms with Gasteiger partial charge in [-0.15, -0.1) is 0 Å². The minimum Gasteiger partial charge on any atom is -0.368 e. The molecule has 1 aromatic carbocycles. The summed E-state index contributed by atoms with van der Waals surface area (Å²) < 4.78 is 40.0. The smallest absolute Gasteiger partial charge is 0.368 e. The van der Waals surface area contributed by atoms with E-state index in [2.05, 4.69) is 5.10 Å². The van der Waals surface area contributed by atoms with Gasteiger partial charge in [-0.2, -0.15) is 18.3 Å². The number of nitrogens with zero attached hydrogens (tertiary/aromatic N) is 2. The third kappa shape index (κ3) is 2.70. The molecule has 0 radical (unpaired) electrons. The van der Waals surface area contributed by atoms with Crippen LogP contribution >= 0.6 is 0 Å². The molecule has 1 atom stereocenters. The van der Waals surface area contributed by atoms with E-state index in [1.54, 1.807) is 30.3 Å². The zero-order valence-electron chi connectivity index (χ0n) is 11.5. The van der Waals surface area contributed by atoms with Crippen LogP contribution in [-0.4, -0.2) is 15.7 Å². The maximum atomic E-state index is 12.9. The van der Waals surface area contributed by atoms with Gasteiger partial charge in [0.2, 0.25) is 5.91 Å². The lowest BCUT2D eigenvalue weighted by Crippen LogP contribution is -2.29. The Bertz CT molecular complexity index is 690. The average Bonchev–Trinajstić information content (AvgIpc) is 3.19. The van der Waals surface area contributed by atoms with E-state index in [0.717, 1.165) is 23.6 Å². The third-order valence-corrected chi connectivity index (χ3v) is 3.68. The van der Waals surface area contributed by atoms with E-state index in [9.17, 15) is 18.0 Å². The Morgan fingerprint density at radius 1 is 1.27 bits per heavy atom. The molecule has 4 nitrogen and oxygen atoms in total. The van der Waals surface area contributed by atoms with Gasteiger partial charge in [0.1, 0.15) is 0 Å². The Hall–Kier alpha value is -2.31. The molecule has 2 aromatic rings. The molecular formula is C15H14F3N3O. The molecule has 1 unspecified atom stereocenters. The maximum absolute atomic E-state index is 12.9. The molecule has 1 aliphatic carbocycles. The Labute approximate surface area is 124 Å². The van der Waals surface area contributed by atoms with Crippen molar-refractivity contribution in [1.82, 2.24) is 9.78 Å². The van der Waals surface area contributed by atoms with Crippen LogP contribution in [0.4, 0.5) is 13.2 Å². The van der Waals surface area contributed by atoms with Crippen molar-refractivity contribution in [1.29, 1.82) is 0 Å². The highest BCUT2D eigenvalue weighted by atomic mass is 19.4. The highest BCUT2D eigenvalue weighted by Crippen LogP contribution is 2.43. The first-order valence-electron chi connectivity index (χ1n) is 6.89. The lowest BCUT2D eigenvalue weighted by Gasteiger charge is -2.17. The predicted molar refractivity (Wildman–Crippen MR) is 73.0 cm³/mol. The minimum atomic E-state index is -4.55. The van der Waals surface area contributed by atoms with Gasteiger partial charge in [-0.25, -0.2) is 0 Å². The number of benzene rings is 1. The molecule has 1 saturated carbocycles. The van der Waals surface area contributed by atoms with Crippen molar-refractivity contribution in [2.75, 3.05) is 0 Å². The lowest BCUT2D eigenvalue weighted by molar-refractivity contribution is -0.141. The van der Waals surface area contributed by atoms with E-state index < -0.39 is 23.8 Å². The van der Waals surface area contributed by atoms with Crippen molar-refractivity contribution in [2.24, 2.45) is 5.73 Å². The Balaban J connectivity index is 2.11. The van der Waals surface area contributed by atoms with Crippen molar-refractivity contribution in [3.05, 3.63) is 53.3 Å². The molecule has 1 heterocycles. The zero-order chi connectivity index (χ0) is 15.9. The van der Waals surface area contributed by atoms with E-state index in [-0.39, 0.29) is 5.92 Å². The van der Waals surface area contributed by atoms with Crippen molar-refractivity contribution < 1.29 is 18.0 Å². The molecule has 0 spiro atoms. The Kier molecular flexibility index (Phi) is 3.42. The Morgan fingerprint density at radius 2 is 1.91 bits per heavy atom. The highest BCUT2D eigenvalue weighted by molar-refractivity contribution is 5.81. The third-order valence-electron chi connectivity index (χ3n) is 3.68. The van der Waals surface area contributed by atoms with Gasteiger partial charge in [0.05, 0.1) is 0 Å². The summed E-state index contributed by atoms with van der Waals surface area (Å²) >= 11 is 0. The molecule has 0 aliphatic heterocycles. The number of rotatable bonds is 4. The predicted octanol–water partition coefficient (Wildman–Crippen LogP) is 2.85. The number of hydrogen-bond donors (Lipinski definition) is 1. The second-order valence-electron chi connectivity index (χ2n) is 5.39. The fourth-order valence-corrected chi connectivity index (χ4v) is 2.50. The number of carbonyl (C=O) groups is 1. The summed E-state index contributed by atoms with van der Waals surface area (Å²) in [6.07, 6.45) is -2.96. The SMILES string of the molecule is NC(=O)C(c1ccccc1)n1nc(C(F)(F)F)cc1C1CC1. The molecule has 0 saturated heterocycles. The van der Waals surface area contributed by atoms with Crippen LogP contribution in [0.3, 0.4) is 0 Å². The number of primary amides is 1. The van der Waals surface area contributed by atoms with E-state index >= 15 is 0 Å². The van der Waals surface area contributed by atoms with Crippen molar-refractivity contribution in [2.45, 2.75) is 31.0 Å². The second kappa shape index (κ2) is 5.15. The van der Waals surface area contributed by atoms with Crippen LogP contribution in [-0.2, 0) is 11.0 Å². The van der Waals surface area contributed by atoms with Crippen LogP contribution in [0.1, 0.15) is 41.8 Å². The summed E-state index contributed by atoms with van der Waals surface area (Å²) in [6, 6.07) is 8.46. The molecule has 1 aliphatic rings. The number of alkyl halides is 3. The van der Waals surface area contributed by atoms with Gasteiger partial charge in [-0.3, -0.25) is 9.48 Å². The number of carbonyl (C=O) groups excluding carboxylic acids is 1. The van der Waals surface area contributed by atoms with E-state index in [1.807, 2.05) is 0 Å². The molecule has 7 heteroatoms. The van der Waals surface area contributed by atoms with Gasteiger partial charge >= 0.3 is 6.18 Å². The summed E-state index contributed by atoms with van der Waals surface area (Å²) in [7, 11) is 0. The first-order chi connectivity index (χ1) is 10.4. The van der Waals surface area contributed by atoms with Crippen LogP contribution < -0.4 is 5.73 Å². The fourth-order valence-electron chi connectivity index (χ4n) is 2.50. The molecule has 0 bridgehead atoms. The highest BCUT2D eigenvalue weighted by Gasteiger charge is 2.39. The van der Waals surface area contributed by atoms with Crippen LogP contribution in [0.25, 0.3) is 0 Å². The first-order valence-corrected chi connectivity index (χ1v) is 6.89. The van der Waals surface area contributed by atoms with Gasteiger partial charge in [0, 0.05) is 11.6 Å². The van der Waals surface area contributed by atoms with Crippen molar-refractivity contribution in [3.63, 3.8) is 0 Å². The van der Waals surface area contributed by atoms with Crippen molar-refractivity contribution in [3.8, 4) is 0 Å². The minimum absolute atomic E-state index is 0.00848. The monoisotopic (exact) mass is 309 g/mol. The molecule has 2 N–H and O–H groups in total. The van der Waals surface area contributed by atoms with E-state index in [1.165, 1.54) is 0 Å². The topological polar surface area (TPSA) is 60.9 Å². The van der Waals surface area contributed by atoms with Crippen molar-refractivity contribution >= 4 is 5.91 Å². The molecule has 1 fully saturated rings. The summed E-state index contributed by atoms with van der Waals surface area (Å²) in [5.41, 5.74) is 5.38. The zero-order valence-corrected chi connectivity index (χ0v) is 11.5. The summed E-state index contributed by atoms with van der Waals surface area (Å²) in [5.74, 6) is -0.723. The quantitative estimate of drug-likeness (QED) is 0.944. The fraction of sp³-hybridized carbons (Fsp3) is 0.333. The maximum Gasteiger partial charge on any atom is 0.435 e. The Morgan fingerprint density at radius 3 is 2.41 bits per heavy atom. The van der Waals surface area contributed by atoms with Gasteiger partial charge in [-0.05, 0) is 24.5 Å². The molecule has 1 aromatic heterocycles. The standard InChI is InChI=1S/C15H14F3N3O/c16-15(17,18)12-8-11(9-6-7-9)21(20-12)13(14(19)22)10-4-2-1-3-5-10/h1-5,8-9,13H,6-7H2,(H2,19,22). The van der Waals surface area contributed by atoms with Gasteiger partial charge in [-0.1, -0.05) is 30.3 Å². The van der Waals surface area contributed by atoms with Gasteiger partial charge in [0.25, 0.3) is 0 Å². The largest absolute Gasteiger partial charge is 0.435 e. The molecular weight excluding hydrogens is 295 g/mol. The van der Waals surface area contributed by atoms with Crippen LogP contribution in [0.15, 0.2) is 36.4 Å². The summed E-state index contributed by atoms with van der Waals surface area (Å²) in [6.45, 7) is 0. The molecule has 22 heavy (non-hydrogen) atoms. The number of nitrogens with two attached hydrogens (primary N) is 1. The number of hydrogen-bond acceptors (Lipinski definition) is 2. The lowest BCUT2D eigenvalue weighted by atomic mass is 10.1. The molecule has 3 rings (SSSR count). The van der Waals surface area contributed by atoms with Gasteiger partial charge < -0.3 is 5.73 Å². The summed E-state index contributed by atoms with van der Waals surface area (Å²) in [4.78, 5) is 11.8. The van der Waals surface area contributed by atoms with Crippen LogP contribution in [0, 0.1) is 0 Å². The van der Waals surface area contributed by atoms with E-state index in [4.69, 9.17) is 5.73 Å². The number of aromatic nitrogens is 2. The average molecular weight is 309 g/mol. The normalized spacial score (nSPS) is 16.5. The molecule has 1 amide bonds. The second-order valence-corrected chi connectivity index (χ2v) is 5.39. The first kappa shape index (κ1) is 14.6. The van der Waals surface area contributed by atoms with Crippen LogP contribution in [0.2, 0.25) is 0 Å². The van der Waals surface area contributed by atoms with E-state index in [0.29, 0.717) is 11.3 Å². The number of halogens is 3.